The van der Waals surface area contributed by atoms with E-state index in [4.69, 9.17) is 5.11 Å². The summed E-state index contributed by atoms with van der Waals surface area (Å²) in [4.78, 5) is 10.4. The van der Waals surface area contributed by atoms with Crippen LogP contribution in [0.15, 0.2) is 0 Å². The van der Waals surface area contributed by atoms with E-state index in [9.17, 15) is 4.79 Å². The summed E-state index contributed by atoms with van der Waals surface area (Å²) in [5, 5.41) is 8.55. The molecule has 0 aromatic heterocycles. The number of hydrogen-bond donors (Lipinski definition) is 1. The van der Waals surface area contributed by atoms with Crippen LogP contribution in [-0.2, 0) is 4.79 Å². The van der Waals surface area contributed by atoms with E-state index in [0.29, 0.717) is 6.42 Å². The first-order chi connectivity index (χ1) is 11.1. The lowest BCUT2D eigenvalue weighted by Gasteiger charge is -2.05. The standard InChI is InChI=1S/C21H42O2/c1-20(2)18-16-14-12-10-8-6-4-3-5-7-9-11-13-15-17-19-21(22)23/h20H,3-19H2,1-2H3,(H,22,23). The van der Waals surface area contributed by atoms with E-state index in [2.05, 4.69) is 13.8 Å². The lowest BCUT2D eigenvalue weighted by atomic mass is 10.0. The molecule has 0 aliphatic carbocycles. The Morgan fingerprint density at radius 3 is 1.22 bits per heavy atom. The highest BCUT2D eigenvalue weighted by Gasteiger charge is 1.97. The van der Waals surface area contributed by atoms with Gasteiger partial charge < -0.3 is 5.11 Å². The zero-order valence-electron chi connectivity index (χ0n) is 16.0. The molecule has 0 saturated heterocycles. The number of hydrogen-bond acceptors (Lipinski definition) is 1. The Kier molecular flexibility index (Phi) is 17.4. The highest BCUT2D eigenvalue weighted by atomic mass is 16.4. The van der Waals surface area contributed by atoms with Gasteiger partial charge in [0.25, 0.3) is 0 Å². The van der Waals surface area contributed by atoms with Gasteiger partial charge in [-0.25, -0.2) is 0 Å². The van der Waals surface area contributed by atoms with Gasteiger partial charge in [-0.05, 0) is 12.3 Å². The van der Waals surface area contributed by atoms with Crippen LogP contribution in [0.1, 0.15) is 123 Å². The zero-order chi connectivity index (χ0) is 17.2. The molecule has 0 amide bonds. The number of aliphatic carboxylic acids is 1. The summed E-state index contributed by atoms with van der Waals surface area (Å²) in [6, 6.07) is 0. The molecular formula is C21H42O2. The fourth-order valence-electron chi connectivity index (χ4n) is 3.13. The Hall–Kier alpha value is -0.530. The Morgan fingerprint density at radius 1 is 0.609 bits per heavy atom. The Balaban J connectivity index is 2.99. The van der Waals surface area contributed by atoms with E-state index in [1.807, 2.05) is 0 Å². The minimum absolute atomic E-state index is 0.345. The van der Waals surface area contributed by atoms with Crippen molar-refractivity contribution in [1.29, 1.82) is 0 Å². The van der Waals surface area contributed by atoms with E-state index in [0.717, 1.165) is 18.8 Å². The summed E-state index contributed by atoms with van der Waals surface area (Å²) < 4.78 is 0. The van der Waals surface area contributed by atoms with Gasteiger partial charge in [0.1, 0.15) is 0 Å². The molecule has 0 rings (SSSR count). The molecule has 0 unspecified atom stereocenters. The summed E-state index contributed by atoms with van der Waals surface area (Å²) >= 11 is 0. The third-order valence-corrected chi connectivity index (χ3v) is 4.67. The van der Waals surface area contributed by atoms with E-state index in [1.54, 1.807) is 0 Å². The van der Waals surface area contributed by atoms with Gasteiger partial charge >= 0.3 is 5.97 Å². The van der Waals surface area contributed by atoms with Crippen molar-refractivity contribution < 1.29 is 9.90 Å². The molecule has 2 nitrogen and oxygen atoms in total. The summed E-state index contributed by atoms with van der Waals surface area (Å²) in [5.74, 6) is 0.223. The Bertz CT molecular complexity index is 248. The summed E-state index contributed by atoms with van der Waals surface area (Å²) in [6.45, 7) is 4.64. The van der Waals surface area contributed by atoms with E-state index in [1.165, 1.54) is 89.9 Å². The van der Waals surface area contributed by atoms with E-state index < -0.39 is 5.97 Å². The number of unbranched alkanes of at least 4 members (excludes halogenated alkanes) is 14. The molecule has 0 atom stereocenters. The Labute approximate surface area is 145 Å². The monoisotopic (exact) mass is 326 g/mol. The molecule has 0 heterocycles. The average molecular weight is 327 g/mol. The van der Waals surface area contributed by atoms with Crippen molar-refractivity contribution in [2.75, 3.05) is 0 Å². The van der Waals surface area contributed by atoms with Crippen LogP contribution in [-0.4, -0.2) is 11.1 Å². The number of carboxylic acid groups (broad SMARTS) is 1. The van der Waals surface area contributed by atoms with Crippen LogP contribution in [0.25, 0.3) is 0 Å². The second-order valence-corrected chi connectivity index (χ2v) is 7.63. The molecule has 0 spiro atoms. The van der Waals surface area contributed by atoms with Crippen molar-refractivity contribution in [2.45, 2.75) is 123 Å². The van der Waals surface area contributed by atoms with Gasteiger partial charge in [-0.15, -0.1) is 0 Å². The van der Waals surface area contributed by atoms with Crippen LogP contribution < -0.4 is 0 Å². The molecule has 138 valence electrons. The average Bonchev–Trinajstić information content (AvgIpc) is 2.49. The predicted molar refractivity (Wildman–Crippen MR) is 101 cm³/mol. The van der Waals surface area contributed by atoms with Crippen LogP contribution in [0.4, 0.5) is 0 Å². The third-order valence-electron chi connectivity index (χ3n) is 4.67. The second-order valence-electron chi connectivity index (χ2n) is 7.63. The summed E-state index contributed by atoms with van der Waals surface area (Å²) in [6.07, 6.45) is 21.7. The van der Waals surface area contributed by atoms with Gasteiger partial charge in [0.05, 0.1) is 0 Å². The SMILES string of the molecule is CC(C)CCCCCCCCCCCCCCCCCC(=O)O. The van der Waals surface area contributed by atoms with Gasteiger partial charge in [0.15, 0.2) is 0 Å². The van der Waals surface area contributed by atoms with Crippen LogP contribution in [0.2, 0.25) is 0 Å². The van der Waals surface area contributed by atoms with E-state index >= 15 is 0 Å². The molecule has 0 radical (unpaired) electrons. The smallest absolute Gasteiger partial charge is 0.303 e. The van der Waals surface area contributed by atoms with Gasteiger partial charge in [0, 0.05) is 6.42 Å². The fourth-order valence-corrected chi connectivity index (χ4v) is 3.13. The van der Waals surface area contributed by atoms with Gasteiger partial charge in [-0.2, -0.15) is 0 Å². The maximum Gasteiger partial charge on any atom is 0.303 e. The maximum atomic E-state index is 10.4. The van der Waals surface area contributed by atoms with Crippen molar-refractivity contribution in [3.05, 3.63) is 0 Å². The van der Waals surface area contributed by atoms with Crippen molar-refractivity contribution in [2.24, 2.45) is 5.92 Å². The molecule has 0 saturated carbocycles. The second kappa shape index (κ2) is 17.8. The minimum Gasteiger partial charge on any atom is -0.481 e. The fraction of sp³-hybridized carbons (Fsp3) is 0.952. The molecule has 0 bridgehead atoms. The quantitative estimate of drug-likeness (QED) is 0.267. The van der Waals surface area contributed by atoms with Crippen LogP contribution in [0.3, 0.4) is 0 Å². The molecule has 0 aliphatic heterocycles. The van der Waals surface area contributed by atoms with Crippen LogP contribution in [0.5, 0.6) is 0 Å². The van der Waals surface area contributed by atoms with E-state index in [-0.39, 0.29) is 0 Å². The largest absolute Gasteiger partial charge is 0.481 e. The topological polar surface area (TPSA) is 37.3 Å². The first-order valence-electron chi connectivity index (χ1n) is 10.3. The zero-order valence-corrected chi connectivity index (χ0v) is 16.0. The lowest BCUT2D eigenvalue weighted by Crippen LogP contribution is -1.93. The number of rotatable bonds is 18. The molecule has 1 N–H and O–H groups in total. The van der Waals surface area contributed by atoms with Crippen LogP contribution in [0, 0.1) is 5.92 Å². The molecule has 0 aromatic rings. The summed E-state index contributed by atoms with van der Waals surface area (Å²) in [5.41, 5.74) is 0. The Morgan fingerprint density at radius 2 is 0.913 bits per heavy atom. The third kappa shape index (κ3) is 21.5. The van der Waals surface area contributed by atoms with Gasteiger partial charge in [-0.1, -0.05) is 110 Å². The van der Waals surface area contributed by atoms with Crippen molar-refractivity contribution in [3.63, 3.8) is 0 Å². The molecule has 0 aliphatic rings. The number of carboxylic acids is 1. The predicted octanol–water partition coefficient (Wildman–Crippen LogP) is 7.36. The summed E-state index contributed by atoms with van der Waals surface area (Å²) in [7, 11) is 0. The van der Waals surface area contributed by atoms with Gasteiger partial charge in [-0.3, -0.25) is 4.79 Å². The minimum atomic E-state index is -0.652. The first kappa shape index (κ1) is 22.5. The maximum absolute atomic E-state index is 10.4. The molecule has 2 heteroatoms. The highest BCUT2D eigenvalue weighted by Crippen LogP contribution is 2.14. The molecule has 23 heavy (non-hydrogen) atoms. The van der Waals surface area contributed by atoms with Crippen molar-refractivity contribution >= 4 is 5.97 Å². The normalized spacial score (nSPS) is 11.3. The molecule has 0 aromatic carbocycles. The van der Waals surface area contributed by atoms with Crippen LogP contribution >= 0.6 is 0 Å². The van der Waals surface area contributed by atoms with Gasteiger partial charge in [0.2, 0.25) is 0 Å². The number of carbonyl (C=O) groups is 1. The molecular weight excluding hydrogens is 284 g/mol. The van der Waals surface area contributed by atoms with Crippen molar-refractivity contribution in [3.8, 4) is 0 Å². The highest BCUT2D eigenvalue weighted by molar-refractivity contribution is 5.66. The lowest BCUT2D eigenvalue weighted by molar-refractivity contribution is -0.137. The van der Waals surface area contributed by atoms with Crippen molar-refractivity contribution in [1.82, 2.24) is 0 Å². The first-order valence-corrected chi connectivity index (χ1v) is 10.3. The molecule has 0 fully saturated rings.